The number of carbonyl (C=O) groups excluding carboxylic acids is 1. The van der Waals surface area contributed by atoms with E-state index >= 15 is 0 Å². The Bertz CT molecular complexity index is 1380. The summed E-state index contributed by atoms with van der Waals surface area (Å²) in [6.07, 6.45) is 6.17. The molecular formula is C29H30N2O3S. The van der Waals surface area contributed by atoms with Crippen LogP contribution < -0.4 is 9.47 Å². The van der Waals surface area contributed by atoms with Gasteiger partial charge in [-0.15, -0.1) is 11.3 Å². The summed E-state index contributed by atoms with van der Waals surface area (Å²) >= 11 is 1.76. The number of para-hydroxylation sites is 1. The molecule has 0 spiro atoms. The highest BCUT2D eigenvalue weighted by Crippen LogP contribution is 2.40. The predicted octanol–water partition coefficient (Wildman–Crippen LogP) is 6.25. The zero-order valence-electron chi connectivity index (χ0n) is 20.2. The quantitative estimate of drug-likeness (QED) is 0.310. The molecule has 0 N–H and O–H groups in total. The third-order valence-corrected chi connectivity index (χ3v) is 8.24. The van der Waals surface area contributed by atoms with Crippen molar-refractivity contribution in [1.29, 1.82) is 0 Å². The number of amides is 1. The first-order valence-corrected chi connectivity index (χ1v) is 13.3. The molecule has 0 saturated heterocycles. The Labute approximate surface area is 209 Å². The van der Waals surface area contributed by atoms with E-state index in [1.807, 2.05) is 24.4 Å². The van der Waals surface area contributed by atoms with Crippen LogP contribution >= 0.6 is 11.3 Å². The number of thiophene rings is 1. The molecule has 2 aromatic carbocycles. The third-order valence-electron chi connectivity index (χ3n) is 7.18. The fourth-order valence-corrected chi connectivity index (χ4v) is 6.26. The Balaban J connectivity index is 1.36. The van der Waals surface area contributed by atoms with Gasteiger partial charge in [0.05, 0.1) is 24.8 Å². The molecule has 6 heteroatoms. The Morgan fingerprint density at radius 2 is 1.97 bits per heavy atom. The van der Waals surface area contributed by atoms with Crippen LogP contribution in [0.4, 0.5) is 0 Å². The van der Waals surface area contributed by atoms with Crippen LogP contribution in [0.1, 0.15) is 52.2 Å². The average molecular weight is 487 g/mol. The number of benzene rings is 2. The maximum absolute atomic E-state index is 14.1. The van der Waals surface area contributed by atoms with E-state index in [2.05, 4.69) is 52.1 Å². The first kappa shape index (κ1) is 22.2. The highest BCUT2D eigenvalue weighted by molar-refractivity contribution is 7.10. The fourth-order valence-electron chi connectivity index (χ4n) is 5.19. The molecule has 2 aromatic heterocycles. The topological polar surface area (TPSA) is 43.7 Å². The molecule has 1 fully saturated rings. The standard InChI is InChI=1S/C29H30N2O3S/c1-3-30-18-23(22-6-4-5-7-24(22)30)29(32)31-14-12-20-13-15-35-28(20)25(31)16-19-8-11-26(33-2)27(17-19)34-21-9-10-21/h4-8,11,13,15,17-18,21,25H,3,9-10,12,14,16H2,1-2H3. The lowest BCUT2D eigenvalue weighted by atomic mass is 9.94. The lowest BCUT2D eigenvalue weighted by molar-refractivity contribution is 0.0666. The Morgan fingerprint density at radius 1 is 1.11 bits per heavy atom. The number of hydrogen-bond acceptors (Lipinski definition) is 4. The van der Waals surface area contributed by atoms with Crippen molar-refractivity contribution in [3.05, 3.63) is 81.7 Å². The monoisotopic (exact) mass is 486 g/mol. The van der Waals surface area contributed by atoms with Gasteiger partial charge in [-0.2, -0.15) is 0 Å². The summed E-state index contributed by atoms with van der Waals surface area (Å²) in [6.45, 7) is 3.68. The van der Waals surface area contributed by atoms with Gasteiger partial charge in [-0.25, -0.2) is 0 Å². The van der Waals surface area contributed by atoms with Crippen LogP contribution in [0.15, 0.2) is 60.1 Å². The number of aromatic nitrogens is 1. The van der Waals surface area contributed by atoms with Crippen molar-refractivity contribution in [3.63, 3.8) is 0 Å². The average Bonchev–Trinajstić information content (AvgIpc) is 3.42. The number of carbonyl (C=O) groups is 1. The summed E-state index contributed by atoms with van der Waals surface area (Å²) in [5.74, 6) is 1.68. The Morgan fingerprint density at radius 3 is 2.77 bits per heavy atom. The van der Waals surface area contributed by atoms with Crippen molar-refractivity contribution >= 4 is 28.1 Å². The molecule has 4 aromatic rings. The molecule has 2 aliphatic rings. The maximum Gasteiger partial charge on any atom is 0.256 e. The van der Waals surface area contributed by atoms with E-state index < -0.39 is 0 Å². The van der Waals surface area contributed by atoms with Crippen LogP contribution in [-0.2, 0) is 19.4 Å². The molecule has 1 amide bonds. The van der Waals surface area contributed by atoms with Gasteiger partial charge in [0, 0.05) is 35.1 Å². The van der Waals surface area contributed by atoms with Crippen molar-refractivity contribution in [2.75, 3.05) is 13.7 Å². The second-order valence-electron chi connectivity index (χ2n) is 9.43. The van der Waals surface area contributed by atoms with E-state index in [4.69, 9.17) is 9.47 Å². The van der Waals surface area contributed by atoms with Crippen molar-refractivity contribution in [2.24, 2.45) is 0 Å². The number of fused-ring (bicyclic) bond motifs is 2. The molecule has 6 rings (SSSR count). The van der Waals surface area contributed by atoms with Crippen LogP contribution in [0, 0.1) is 0 Å². The summed E-state index contributed by atoms with van der Waals surface area (Å²) < 4.78 is 13.8. The molecule has 1 saturated carbocycles. The van der Waals surface area contributed by atoms with Gasteiger partial charge in [-0.05, 0) is 73.4 Å². The molecule has 0 bridgehead atoms. The molecule has 0 radical (unpaired) electrons. The fraction of sp³-hybridized carbons (Fsp3) is 0.345. The molecule has 35 heavy (non-hydrogen) atoms. The molecule has 1 aliphatic heterocycles. The van der Waals surface area contributed by atoms with E-state index in [0.717, 1.165) is 72.3 Å². The zero-order valence-corrected chi connectivity index (χ0v) is 21.0. The summed E-state index contributed by atoms with van der Waals surface area (Å²) in [5.41, 5.74) is 4.42. The van der Waals surface area contributed by atoms with E-state index in [0.29, 0.717) is 6.10 Å². The number of hydrogen-bond donors (Lipinski definition) is 0. The number of aryl methyl sites for hydroxylation is 1. The molecule has 1 atom stereocenters. The smallest absolute Gasteiger partial charge is 0.256 e. The van der Waals surface area contributed by atoms with Crippen molar-refractivity contribution in [2.45, 2.75) is 51.3 Å². The van der Waals surface area contributed by atoms with E-state index in [1.165, 1.54) is 10.4 Å². The number of rotatable bonds is 7. The van der Waals surface area contributed by atoms with Crippen LogP contribution in [-0.4, -0.2) is 35.1 Å². The molecular weight excluding hydrogens is 456 g/mol. The minimum absolute atomic E-state index is 0.00263. The van der Waals surface area contributed by atoms with Crippen molar-refractivity contribution in [1.82, 2.24) is 9.47 Å². The van der Waals surface area contributed by atoms with Gasteiger partial charge in [-0.1, -0.05) is 24.3 Å². The molecule has 3 heterocycles. The zero-order chi connectivity index (χ0) is 23.9. The van der Waals surface area contributed by atoms with Gasteiger partial charge in [0.15, 0.2) is 11.5 Å². The number of methoxy groups -OCH3 is 1. The maximum atomic E-state index is 14.1. The van der Waals surface area contributed by atoms with Crippen LogP contribution in [0.3, 0.4) is 0 Å². The minimum Gasteiger partial charge on any atom is -0.493 e. The van der Waals surface area contributed by atoms with Gasteiger partial charge in [0.25, 0.3) is 5.91 Å². The summed E-state index contributed by atoms with van der Waals surface area (Å²) in [4.78, 5) is 17.5. The van der Waals surface area contributed by atoms with Crippen LogP contribution in [0.2, 0.25) is 0 Å². The highest BCUT2D eigenvalue weighted by atomic mass is 32.1. The van der Waals surface area contributed by atoms with E-state index in [-0.39, 0.29) is 11.9 Å². The largest absolute Gasteiger partial charge is 0.493 e. The normalized spacial score (nSPS) is 17.4. The highest BCUT2D eigenvalue weighted by Gasteiger charge is 2.34. The summed E-state index contributed by atoms with van der Waals surface area (Å²) in [6, 6.07) is 16.6. The molecule has 5 nitrogen and oxygen atoms in total. The lowest BCUT2D eigenvalue weighted by Crippen LogP contribution is -2.40. The van der Waals surface area contributed by atoms with Crippen LogP contribution in [0.5, 0.6) is 11.5 Å². The lowest BCUT2D eigenvalue weighted by Gasteiger charge is -2.36. The van der Waals surface area contributed by atoms with Crippen molar-refractivity contribution in [3.8, 4) is 11.5 Å². The Kier molecular flexibility index (Phi) is 5.77. The SMILES string of the molecule is CCn1cc(C(=O)N2CCc3ccsc3C2Cc2ccc(OC)c(OC3CC3)c2)c2ccccc21. The number of ether oxygens (including phenoxy) is 2. The first-order valence-electron chi connectivity index (χ1n) is 12.4. The first-order chi connectivity index (χ1) is 17.2. The van der Waals surface area contributed by atoms with Gasteiger partial charge < -0.3 is 18.9 Å². The Hall–Kier alpha value is -3.25. The minimum atomic E-state index is -0.00263. The second-order valence-corrected chi connectivity index (χ2v) is 10.4. The van der Waals surface area contributed by atoms with Gasteiger partial charge in [-0.3, -0.25) is 4.79 Å². The molecule has 1 aliphatic carbocycles. The van der Waals surface area contributed by atoms with Gasteiger partial charge in [0.1, 0.15) is 0 Å². The second kappa shape index (κ2) is 9.08. The van der Waals surface area contributed by atoms with Gasteiger partial charge >= 0.3 is 0 Å². The van der Waals surface area contributed by atoms with Crippen molar-refractivity contribution < 1.29 is 14.3 Å². The molecule has 1 unspecified atom stereocenters. The number of nitrogens with zero attached hydrogens (tertiary/aromatic N) is 2. The van der Waals surface area contributed by atoms with E-state index in [9.17, 15) is 4.79 Å². The summed E-state index contributed by atoms with van der Waals surface area (Å²) in [5, 5.41) is 3.18. The van der Waals surface area contributed by atoms with Crippen LogP contribution in [0.25, 0.3) is 10.9 Å². The third kappa shape index (κ3) is 4.10. The van der Waals surface area contributed by atoms with Gasteiger partial charge in [0.2, 0.25) is 0 Å². The summed E-state index contributed by atoms with van der Waals surface area (Å²) in [7, 11) is 1.68. The molecule has 180 valence electrons. The predicted molar refractivity (Wildman–Crippen MR) is 140 cm³/mol. The van der Waals surface area contributed by atoms with E-state index in [1.54, 1.807) is 18.4 Å².